The summed E-state index contributed by atoms with van der Waals surface area (Å²) in [6, 6.07) is 0.806. The van der Waals surface area contributed by atoms with Crippen molar-refractivity contribution in [3.63, 3.8) is 0 Å². The molecular weight excluding hydrogens is 493 g/mol. The van der Waals surface area contributed by atoms with E-state index >= 15 is 0 Å². The van der Waals surface area contributed by atoms with Crippen molar-refractivity contribution < 1.29 is 37.7 Å². The maximum Gasteiger partial charge on any atom is 0.194 e. The Kier molecular flexibility index (Phi) is 7.80. The van der Waals surface area contributed by atoms with Crippen molar-refractivity contribution in [1.29, 1.82) is 0 Å². The molecule has 37 heavy (non-hydrogen) atoms. The van der Waals surface area contributed by atoms with Crippen LogP contribution in [0.4, 0.5) is 13.2 Å². The highest BCUT2D eigenvalue weighted by atomic mass is 19.2. The quantitative estimate of drug-likeness (QED) is 0.536. The van der Waals surface area contributed by atoms with Crippen molar-refractivity contribution in [2.75, 3.05) is 13.7 Å². The van der Waals surface area contributed by atoms with Gasteiger partial charge in [-0.25, -0.2) is 17.9 Å². The van der Waals surface area contributed by atoms with E-state index in [0.717, 1.165) is 30.7 Å². The van der Waals surface area contributed by atoms with Gasteiger partial charge in [0.25, 0.3) is 0 Å². The Morgan fingerprint density at radius 1 is 1.11 bits per heavy atom. The van der Waals surface area contributed by atoms with Gasteiger partial charge in [0, 0.05) is 31.4 Å². The van der Waals surface area contributed by atoms with Crippen LogP contribution < -0.4 is 0 Å². The van der Waals surface area contributed by atoms with E-state index in [4.69, 9.17) is 14.3 Å². The van der Waals surface area contributed by atoms with Crippen molar-refractivity contribution in [3.05, 3.63) is 35.8 Å². The molecule has 3 heterocycles. The monoisotopic (exact) mass is 524 g/mol. The number of nitrogens with zero attached hydrogens (tertiary/aromatic N) is 4. The first kappa shape index (κ1) is 26.1. The number of hydrogen-bond acceptors (Lipinski definition) is 8. The van der Waals surface area contributed by atoms with Gasteiger partial charge in [-0.15, -0.1) is 5.10 Å². The van der Waals surface area contributed by atoms with Gasteiger partial charge in [0.1, 0.15) is 36.2 Å². The van der Waals surface area contributed by atoms with Crippen LogP contribution in [-0.4, -0.2) is 75.2 Å². The number of aliphatic hydroxyl groups excluding tert-OH is 2. The fourth-order valence-corrected chi connectivity index (χ4v) is 5.73. The molecule has 0 bridgehead atoms. The second-order valence-corrected chi connectivity index (χ2v) is 10.00. The van der Waals surface area contributed by atoms with Crippen LogP contribution in [0.2, 0.25) is 0 Å². The minimum atomic E-state index is -1.58. The smallest absolute Gasteiger partial charge is 0.194 e. The number of rotatable bonds is 7. The maximum absolute atomic E-state index is 13.8. The van der Waals surface area contributed by atoms with E-state index in [1.54, 1.807) is 0 Å². The Morgan fingerprint density at radius 2 is 1.84 bits per heavy atom. The molecule has 2 N–H and O–H groups in total. The molecule has 1 aromatic heterocycles. The summed E-state index contributed by atoms with van der Waals surface area (Å²) < 4.78 is 54.0. The van der Waals surface area contributed by atoms with Crippen LogP contribution in [0.3, 0.4) is 0 Å². The third-order valence-corrected chi connectivity index (χ3v) is 7.66. The summed E-state index contributed by atoms with van der Waals surface area (Å²) >= 11 is 0. The van der Waals surface area contributed by atoms with E-state index in [9.17, 15) is 23.4 Å². The highest BCUT2D eigenvalue weighted by Gasteiger charge is 2.48. The minimum absolute atomic E-state index is 0.0137. The van der Waals surface area contributed by atoms with E-state index in [1.807, 2.05) is 0 Å². The van der Waals surface area contributed by atoms with Crippen LogP contribution in [0.5, 0.6) is 0 Å². The molecule has 2 aromatic rings. The second kappa shape index (κ2) is 11.1. The summed E-state index contributed by atoms with van der Waals surface area (Å²) in [5.74, 6) is -3.83. The SMILES string of the molecule is CO[C@@H]1[C@@H](n2cc(-c3cc(F)c(F)c(F)c3)nn2)[C@@H](O)[C@@H](CO)O[C@@H]1CC1CC(C2CCCCC2)=NO1. The summed E-state index contributed by atoms with van der Waals surface area (Å²) in [6.45, 7) is -0.449. The lowest BCUT2D eigenvalue weighted by Gasteiger charge is -2.44. The number of aromatic nitrogens is 3. The molecule has 6 atom stereocenters. The molecule has 1 saturated heterocycles. The minimum Gasteiger partial charge on any atom is -0.394 e. The van der Waals surface area contributed by atoms with Crippen LogP contribution in [0.15, 0.2) is 23.5 Å². The first-order chi connectivity index (χ1) is 17.9. The lowest BCUT2D eigenvalue weighted by Crippen LogP contribution is -2.57. The molecule has 2 aliphatic heterocycles. The molecule has 1 saturated carbocycles. The Morgan fingerprint density at radius 3 is 2.51 bits per heavy atom. The van der Waals surface area contributed by atoms with Crippen molar-refractivity contribution in [1.82, 2.24) is 15.0 Å². The third kappa shape index (κ3) is 5.25. The summed E-state index contributed by atoms with van der Waals surface area (Å²) in [5, 5.41) is 33.3. The van der Waals surface area contributed by atoms with Crippen molar-refractivity contribution in [3.8, 4) is 11.3 Å². The van der Waals surface area contributed by atoms with Gasteiger partial charge >= 0.3 is 0 Å². The van der Waals surface area contributed by atoms with E-state index in [1.165, 1.54) is 37.3 Å². The van der Waals surface area contributed by atoms with E-state index in [2.05, 4.69) is 15.5 Å². The van der Waals surface area contributed by atoms with Gasteiger partial charge in [-0.3, -0.25) is 0 Å². The molecule has 0 spiro atoms. The molecule has 9 nitrogen and oxygen atoms in total. The second-order valence-electron chi connectivity index (χ2n) is 10.00. The fourth-order valence-electron chi connectivity index (χ4n) is 5.73. The first-order valence-corrected chi connectivity index (χ1v) is 12.7. The van der Waals surface area contributed by atoms with Crippen LogP contribution in [0, 0.1) is 23.4 Å². The Labute approximate surface area is 212 Å². The highest BCUT2D eigenvalue weighted by Crippen LogP contribution is 2.37. The number of hydrogen-bond donors (Lipinski definition) is 2. The molecule has 0 radical (unpaired) electrons. The zero-order valence-corrected chi connectivity index (χ0v) is 20.5. The predicted octanol–water partition coefficient (Wildman–Crippen LogP) is 3.15. The van der Waals surface area contributed by atoms with Gasteiger partial charge in [0.15, 0.2) is 17.5 Å². The Hall–Kier alpha value is -2.54. The van der Waals surface area contributed by atoms with Crippen molar-refractivity contribution >= 4 is 5.71 Å². The van der Waals surface area contributed by atoms with Crippen LogP contribution in [0.25, 0.3) is 11.3 Å². The zero-order valence-electron chi connectivity index (χ0n) is 20.5. The van der Waals surface area contributed by atoms with E-state index in [0.29, 0.717) is 18.8 Å². The summed E-state index contributed by atoms with van der Waals surface area (Å²) in [5.41, 5.74) is 1.14. The molecule has 202 valence electrons. The highest BCUT2D eigenvalue weighted by molar-refractivity contribution is 5.87. The number of halogens is 3. The van der Waals surface area contributed by atoms with Gasteiger partial charge in [0.05, 0.1) is 24.6 Å². The molecule has 12 heteroatoms. The average molecular weight is 525 g/mol. The topological polar surface area (TPSA) is 111 Å². The molecule has 3 aliphatic rings. The average Bonchev–Trinajstić information content (AvgIpc) is 3.58. The number of ether oxygens (including phenoxy) is 2. The molecule has 5 rings (SSSR count). The van der Waals surface area contributed by atoms with Gasteiger partial charge in [-0.05, 0) is 25.0 Å². The predicted molar refractivity (Wildman–Crippen MR) is 125 cm³/mol. The van der Waals surface area contributed by atoms with Gasteiger partial charge in [-0.1, -0.05) is 29.6 Å². The van der Waals surface area contributed by atoms with Crippen molar-refractivity contribution in [2.24, 2.45) is 11.1 Å². The van der Waals surface area contributed by atoms with Crippen LogP contribution >= 0.6 is 0 Å². The summed E-state index contributed by atoms with van der Waals surface area (Å²) in [7, 11) is 1.47. The lowest BCUT2D eigenvalue weighted by atomic mass is 9.83. The number of aliphatic hydroxyl groups is 2. The van der Waals surface area contributed by atoms with E-state index < -0.39 is 54.5 Å². The largest absolute Gasteiger partial charge is 0.394 e. The molecule has 0 amide bonds. The molecule has 1 aliphatic carbocycles. The van der Waals surface area contributed by atoms with Crippen molar-refractivity contribution in [2.45, 2.75) is 81.5 Å². The van der Waals surface area contributed by atoms with Gasteiger partial charge < -0.3 is 24.5 Å². The summed E-state index contributed by atoms with van der Waals surface area (Å²) in [6.07, 6.45) is 4.69. The van der Waals surface area contributed by atoms with E-state index in [-0.39, 0.29) is 17.4 Å². The van der Waals surface area contributed by atoms with Gasteiger partial charge in [0.2, 0.25) is 0 Å². The Balaban J connectivity index is 1.34. The number of benzene rings is 1. The van der Waals surface area contributed by atoms with Crippen LogP contribution in [0.1, 0.15) is 51.0 Å². The fraction of sp³-hybridized carbons (Fsp3) is 0.640. The molecule has 1 unspecified atom stereocenters. The third-order valence-electron chi connectivity index (χ3n) is 7.66. The zero-order chi connectivity index (χ0) is 26.1. The lowest BCUT2D eigenvalue weighted by molar-refractivity contribution is -0.219. The first-order valence-electron chi connectivity index (χ1n) is 12.7. The number of methoxy groups -OCH3 is 1. The molecule has 2 fully saturated rings. The molecular formula is C25H31F3N4O5. The van der Waals surface area contributed by atoms with Gasteiger partial charge in [-0.2, -0.15) is 0 Å². The summed E-state index contributed by atoms with van der Waals surface area (Å²) in [4.78, 5) is 5.74. The number of oxime groups is 1. The maximum atomic E-state index is 13.8. The van der Waals surface area contributed by atoms with Crippen LogP contribution in [-0.2, 0) is 14.3 Å². The normalized spacial score (nSPS) is 30.8. The molecule has 1 aromatic carbocycles. The standard InChI is InChI=1S/C25H31F3N4O5/c1-35-25-20(10-15-9-18(30-37-15)13-5-3-2-4-6-13)36-21(12-33)24(34)23(25)32-11-19(29-31-32)14-7-16(26)22(28)17(27)8-14/h7-8,11,13,15,20-21,23-25,33-34H,2-6,9-10,12H2,1H3/t15?,20-,21-,23+,24+,25+/m1/s1. The Bertz CT molecular complexity index is 1100.